The van der Waals surface area contributed by atoms with Crippen molar-refractivity contribution in [2.45, 2.75) is 4.90 Å². The van der Waals surface area contributed by atoms with Crippen LogP contribution in [-0.4, -0.2) is 16.9 Å². The van der Waals surface area contributed by atoms with E-state index in [-0.39, 0.29) is 0 Å². The van der Waals surface area contributed by atoms with E-state index in [2.05, 4.69) is 5.32 Å². The Morgan fingerprint density at radius 2 is 2.18 bits per heavy atom. The van der Waals surface area contributed by atoms with E-state index >= 15 is 0 Å². The summed E-state index contributed by atoms with van der Waals surface area (Å²) in [4.78, 5) is 0.943. The Labute approximate surface area is 68.8 Å². The fraction of sp³-hybridized carbons (Fsp3) is 0.250. The molecule has 1 atom stereocenters. The molecule has 58 valence electrons. The van der Waals surface area contributed by atoms with Crippen molar-refractivity contribution in [3.63, 3.8) is 0 Å². The predicted octanol–water partition coefficient (Wildman–Crippen LogP) is 1.22. The van der Waals surface area contributed by atoms with Crippen molar-refractivity contribution in [2.24, 2.45) is 0 Å². The second-order valence-corrected chi connectivity index (χ2v) is 4.01. The molecule has 2 rings (SSSR count). The molecule has 3 heteroatoms. The molecule has 0 amide bonds. The lowest BCUT2D eigenvalue weighted by atomic mass is 10.3. The first-order valence-electron chi connectivity index (χ1n) is 3.59. The zero-order chi connectivity index (χ0) is 7.68. The largest absolute Gasteiger partial charge is 0.611 e. The van der Waals surface area contributed by atoms with Gasteiger partial charge in [-0.05, 0) is 23.3 Å². The van der Waals surface area contributed by atoms with Crippen LogP contribution in [0, 0.1) is 0 Å². The second-order valence-electron chi connectivity index (χ2n) is 2.47. The van der Waals surface area contributed by atoms with Crippen LogP contribution in [0.1, 0.15) is 0 Å². The van der Waals surface area contributed by atoms with Gasteiger partial charge in [-0.2, -0.15) is 0 Å². The Bertz CT molecular complexity index is 264. The van der Waals surface area contributed by atoms with Crippen molar-refractivity contribution in [3.05, 3.63) is 24.3 Å². The highest BCUT2D eigenvalue weighted by Crippen LogP contribution is 2.24. The van der Waals surface area contributed by atoms with Gasteiger partial charge in [0.1, 0.15) is 5.75 Å². The minimum atomic E-state index is -0.778. The van der Waals surface area contributed by atoms with Crippen LogP contribution < -0.4 is 5.32 Å². The molecule has 0 aliphatic carbocycles. The average Bonchev–Trinajstić information content (AvgIpc) is 2.06. The number of nitrogens with one attached hydrogen (secondary N) is 1. The highest BCUT2D eigenvalue weighted by molar-refractivity contribution is 7.91. The third-order valence-corrected chi connectivity index (χ3v) is 3.16. The van der Waals surface area contributed by atoms with Crippen molar-refractivity contribution in [2.75, 3.05) is 17.6 Å². The number of rotatable bonds is 0. The lowest BCUT2D eigenvalue weighted by Crippen LogP contribution is -2.22. The number of hydrogen-bond acceptors (Lipinski definition) is 2. The van der Waals surface area contributed by atoms with Crippen molar-refractivity contribution >= 4 is 16.9 Å². The van der Waals surface area contributed by atoms with Crippen molar-refractivity contribution in [3.8, 4) is 0 Å². The molecule has 1 N–H and O–H groups in total. The maximum absolute atomic E-state index is 11.4. The van der Waals surface area contributed by atoms with Crippen molar-refractivity contribution in [1.29, 1.82) is 0 Å². The van der Waals surface area contributed by atoms with Crippen LogP contribution >= 0.6 is 0 Å². The lowest BCUT2D eigenvalue weighted by molar-refractivity contribution is 0.594. The summed E-state index contributed by atoms with van der Waals surface area (Å²) in [7, 11) is 0. The fourth-order valence-electron chi connectivity index (χ4n) is 1.20. The standard InChI is InChI=1S/C8H9NOS/c10-11-6-5-9-7-3-1-2-4-8(7)11/h1-4,9H,5-6H2. The van der Waals surface area contributed by atoms with Gasteiger partial charge in [-0.1, -0.05) is 12.1 Å². The molecule has 0 radical (unpaired) electrons. The van der Waals surface area contributed by atoms with E-state index in [9.17, 15) is 4.55 Å². The van der Waals surface area contributed by atoms with Gasteiger partial charge in [0.05, 0.1) is 12.2 Å². The first-order chi connectivity index (χ1) is 5.38. The second kappa shape index (κ2) is 2.75. The molecule has 1 heterocycles. The highest BCUT2D eigenvalue weighted by atomic mass is 32.2. The van der Waals surface area contributed by atoms with E-state index in [0.29, 0.717) is 0 Å². The fourth-order valence-corrected chi connectivity index (χ4v) is 2.32. The van der Waals surface area contributed by atoms with Gasteiger partial charge in [-0.15, -0.1) is 0 Å². The normalized spacial score (nSPS) is 22.1. The summed E-state index contributed by atoms with van der Waals surface area (Å²) >= 11 is -0.778. The molecule has 0 aromatic heterocycles. The van der Waals surface area contributed by atoms with Crippen LogP contribution in [0.5, 0.6) is 0 Å². The maximum atomic E-state index is 11.4. The van der Waals surface area contributed by atoms with Crippen molar-refractivity contribution in [1.82, 2.24) is 0 Å². The molecule has 0 fully saturated rings. The molecule has 0 spiro atoms. The van der Waals surface area contributed by atoms with Crippen LogP contribution in [0.3, 0.4) is 0 Å². The third-order valence-electron chi connectivity index (χ3n) is 1.74. The molecular weight excluding hydrogens is 158 g/mol. The Morgan fingerprint density at radius 1 is 1.36 bits per heavy atom. The number of anilines is 1. The Balaban J connectivity index is 2.44. The average molecular weight is 167 g/mol. The molecule has 1 aliphatic rings. The predicted molar refractivity (Wildman–Crippen MR) is 46.2 cm³/mol. The summed E-state index contributed by atoms with van der Waals surface area (Å²) in [6.07, 6.45) is 0. The minimum Gasteiger partial charge on any atom is -0.611 e. The lowest BCUT2D eigenvalue weighted by Gasteiger charge is -2.19. The molecule has 0 bridgehead atoms. The van der Waals surface area contributed by atoms with Crippen LogP contribution in [-0.2, 0) is 11.2 Å². The summed E-state index contributed by atoms with van der Waals surface area (Å²) in [5.74, 6) is 0.733. The third kappa shape index (κ3) is 1.21. The molecule has 1 aromatic rings. The topological polar surface area (TPSA) is 35.1 Å². The van der Waals surface area contributed by atoms with E-state index in [1.807, 2.05) is 24.3 Å². The Hall–Kier alpha value is -0.670. The van der Waals surface area contributed by atoms with E-state index in [1.165, 1.54) is 0 Å². The van der Waals surface area contributed by atoms with Gasteiger partial charge in [-0.25, -0.2) is 0 Å². The van der Waals surface area contributed by atoms with Gasteiger partial charge in [-0.3, -0.25) is 0 Å². The van der Waals surface area contributed by atoms with E-state index in [4.69, 9.17) is 0 Å². The number of benzene rings is 1. The highest BCUT2D eigenvalue weighted by Gasteiger charge is 2.19. The smallest absolute Gasteiger partial charge is 0.175 e. The molecule has 1 aliphatic heterocycles. The SMILES string of the molecule is [O-][S+]1CCNc2ccccc21. The molecule has 0 saturated carbocycles. The zero-order valence-corrected chi connectivity index (χ0v) is 6.86. The van der Waals surface area contributed by atoms with Crippen LogP contribution in [0.4, 0.5) is 5.69 Å². The summed E-state index contributed by atoms with van der Waals surface area (Å²) in [5, 5.41) is 3.20. The minimum absolute atomic E-state index is 0.733. The Kier molecular flexibility index (Phi) is 1.75. The summed E-state index contributed by atoms with van der Waals surface area (Å²) < 4.78 is 11.4. The number of para-hydroxylation sites is 1. The van der Waals surface area contributed by atoms with E-state index in [1.54, 1.807) is 0 Å². The number of hydrogen-bond donors (Lipinski definition) is 1. The molecule has 0 saturated heterocycles. The first kappa shape index (κ1) is 7.00. The van der Waals surface area contributed by atoms with Gasteiger partial charge >= 0.3 is 0 Å². The van der Waals surface area contributed by atoms with Crippen molar-refractivity contribution < 1.29 is 4.55 Å². The van der Waals surface area contributed by atoms with Crippen LogP contribution in [0.2, 0.25) is 0 Å². The van der Waals surface area contributed by atoms with Gasteiger partial charge in [0.2, 0.25) is 0 Å². The first-order valence-corrected chi connectivity index (χ1v) is 4.91. The van der Waals surface area contributed by atoms with Gasteiger partial charge in [0.15, 0.2) is 4.90 Å². The van der Waals surface area contributed by atoms with Gasteiger partial charge in [0, 0.05) is 0 Å². The van der Waals surface area contributed by atoms with Crippen LogP contribution in [0.25, 0.3) is 0 Å². The molecule has 11 heavy (non-hydrogen) atoms. The van der Waals surface area contributed by atoms with Crippen LogP contribution in [0.15, 0.2) is 29.2 Å². The summed E-state index contributed by atoms with van der Waals surface area (Å²) in [5.41, 5.74) is 1.03. The van der Waals surface area contributed by atoms with Gasteiger partial charge < -0.3 is 9.87 Å². The molecule has 1 aromatic carbocycles. The monoisotopic (exact) mass is 167 g/mol. The molecule has 1 unspecified atom stereocenters. The zero-order valence-electron chi connectivity index (χ0n) is 6.04. The molecule has 2 nitrogen and oxygen atoms in total. The maximum Gasteiger partial charge on any atom is 0.175 e. The van der Waals surface area contributed by atoms with Gasteiger partial charge in [0.25, 0.3) is 0 Å². The summed E-state index contributed by atoms with van der Waals surface area (Å²) in [6, 6.07) is 7.75. The summed E-state index contributed by atoms with van der Waals surface area (Å²) in [6.45, 7) is 0.823. The quantitative estimate of drug-likeness (QED) is 0.590. The Morgan fingerprint density at radius 3 is 3.00 bits per heavy atom. The van der Waals surface area contributed by atoms with E-state index in [0.717, 1.165) is 22.9 Å². The number of fused-ring (bicyclic) bond motifs is 1. The molecular formula is C8H9NOS. The van der Waals surface area contributed by atoms with E-state index < -0.39 is 11.2 Å².